The summed E-state index contributed by atoms with van der Waals surface area (Å²) in [4.78, 5) is 1.87. The smallest absolute Gasteiger partial charge is 0.173 e. The second-order valence-corrected chi connectivity index (χ2v) is 6.70. The fourth-order valence-corrected chi connectivity index (χ4v) is 2.83. The third-order valence-corrected chi connectivity index (χ3v) is 4.62. The Hall–Kier alpha value is -2.45. The summed E-state index contributed by atoms with van der Waals surface area (Å²) in [5.41, 5.74) is 2.62. The maximum Gasteiger partial charge on any atom is 0.173 e. The average Bonchev–Trinajstić information content (AvgIpc) is 3.18. The van der Waals surface area contributed by atoms with Gasteiger partial charge in [0.2, 0.25) is 0 Å². The van der Waals surface area contributed by atoms with Gasteiger partial charge in [0.15, 0.2) is 5.11 Å². The summed E-state index contributed by atoms with van der Waals surface area (Å²) in [5, 5.41) is 12.7. The van der Waals surface area contributed by atoms with E-state index in [0.717, 1.165) is 16.9 Å². The number of halogens is 2. The zero-order valence-corrected chi connectivity index (χ0v) is 15.9. The van der Waals surface area contributed by atoms with E-state index in [-0.39, 0.29) is 5.82 Å². The summed E-state index contributed by atoms with van der Waals surface area (Å²) < 4.78 is 16.5. The molecule has 26 heavy (non-hydrogen) atoms. The summed E-state index contributed by atoms with van der Waals surface area (Å²) >= 11 is 11.6. The van der Waals surface area contributed by atoms with Crippen LogP contribution in [0.3, 0.4) is 0 Å². The highest BCUT2D eigenvalue weighted by atomic mass is 35.5. The van der Waals surface area contributed by atoms with Crippen molar-refractivity contribution in [2.75, 3.05) is 12.4 Å². The Morgan fingerprint density at radius 3 is 2.65 bits per heavy atom. The Bertz CT molecular complexity index is 885. The molecule has 0 atom stereocenters. The van der Waals surface area contributed by atoms with Crippen LogP contribution < -0.4 is 5.32 Å². The van der Waals surface area contributed by atoms with Crippen molar-refractivity contribution in [1.82, 2.24) is 24.5 Å². The summed E-state index contributed by atoms with van der Waals surface area (Å²) in [6, 6.07) is 6.34. The predicted molar refractivity (Wildman–Crippen MR) is 104 cm³/mol. The first-order valence-corrected chi connectivity index (χ1v) is 8.66. The molecular formula is C17H18ClFN6S. The van der Waals surface area contributed by atoms with Crippen LogP contribution in [0.25, 0.3) is 0 Å². The van der Waals surface area contributed by atoms with Crippen LogP contribution in [-0.4, -0.2) is 36.6 Å². The second-order valence-electron chi connectivity index (χ2n) is 5.90. The number of aromatic nitrogens is 4. The molecule has 0 aliphatic rings. The molecule has 2 aromatic heterocycles. The zero-order chi connectivity index (χ0) is 18.7. The lowest BCUT2D eigenvalue weighted by Gasteiger charge is -2.20. The number of aryl methyl sites for hydroxylation is 1. The van der Waals surface area contributed by atoms with Gasteiger partial charge in [0.25, 0.3) is 0 Å². The van der Waals surface area contributed by atoms with E-state index in [9.17, 15) is 4.39 Å². The van der Waals surface area contributed by atoms with Crippen molar-refractivity contribution >= 4 is 34.6 Å². The lowest BCUT2D eigenvalue weighted by Crippen LogP contribution is -2.31. The number of rotatable bonds is 5. The van der Waals surface area contributed by atoms with Crippen molar-refractivity contribution < 1.29 is 4.39 Å². The largest absolute Gasteiger partial charge is 0.346 e. The summed E-state index contributed by atoms with van der Waals surface area (Å²) in [6.45, 7) is 1.08. The van der Waals surface area contributed by atoms with Gasteiger partial charge in [0.05, 0.1) is 41.9 Å². The molecule has 0 saturated heterocycles. The van der Waals surface area contributed by atoms with E-state index in [4.69, 9.17) is 23.8 Å². The summed E-state index contributed by atoms with van der Waals surface area (Å²) in [6.07, 6.45) is 5.15. The van der Waals surface area contributed by atoms with E-state index < -0.39 is 0 Å². The van der Waals surface area contributed by atoms with Gasteiger partial charge in [-0.15, -0.1) is 0 Å². The molecule has 0 amide bonds. The number of benzene rings is 1. The molecule has 0 bridgehead atoms. The predicted octanol–water partition coefficient (Wildman–Crippen LogP) is 3.29. The first-order chi connectivity index (χ1) is 12.4. The molecule has 3 aromatic rings. The standard InChI is InChI=1S/C17H18ClFN6S/c1-23(11-16-15(18)8-20-24(16)2)17(26)22-14-7-21-25(10-14)9-12-3-5-13(19)6-4-12/h3-8,10H,9,11H2,1-2H3,(H,22,26). The Morgan fingerprint density at radius 1 is 1.27 bits per heavy atom. The Morgan fingerprint density at radius 2 is 2.00 bits per heavy atom. The van der Waals surface area contributed by atoms with Crippen LogP contribution in [-0.2, 0) is 20.1 Å². The monoisotopic (exact) mass is 392 g/mol. The summed E-state index contributed by atoms with van der Waals surface area (Å²) in [7, 11) is 3.71. The highest BCUT2D eigenvalue weighted by Gasteiger charge is 2.12. The normalized spacial score (nSPS) is 10.8. The molecule has 2 heterocycles. The van der Waals surface area contributed by atoms with Crippen molar-refractivity contribution in [2.45, 2.75) is 13.1 Å². The molecule has 9 heteroatoms. The SMILES string of the molecule is CN(Cc1c(Cl)cnn1C)C(=S)Nc1cnn(Cc2ccc(F)cc2)c1. The lowest BCUT2D eigenvalue weighted by atomic mass is 10.2. The molecule has 1 aromatic carbocycles. The molecule has 0 radical (unpaired) electrons. The van der Waals surface area contributed by atoms with Gasteiger partial charge in [-0.25, -0.2) is 4.39 Å². The number of nitrogens with zero attached hydrogens (tertiary/aromatic N) is 5. The minimum atomic E-state index is -0.251. The highest BCUT2D eigenvalue weighted by molar-refractivity contribution is 7.80. The van der Waals surface area contributed by atoms with E-state index in [1.807, 2.05) is 25.2 Å². The van der Waals surface area contributed by atoms with Gasteiger partial charge >= 0.3 is 0 Å². The molecule has 0 saturated carbocycles. The molecule has 6 nitrogen and oxygen atoms in total. The molecule has 0 aliphatic heterocycles. The molecule has 0 fully saturated rings. The van der Waals surface area contributed by atoms with Crippen molar-refractivity contribution in [3.05, 3.63) is 65.0 Å². The second kappa shape index (κ2) is 7.84. The van der Waals surface area contributed by atoms with Gasteiger partial charge in [-0.1, -0.05) is 23.7 Å². The maximum atomic E-state index is 13.0. The van der Waals surface area contributed by atoms with Crippen LogP contribution in [0.4, 0.5) is 10.1 Å². The van der Waals surface area contributed by atoms with E-state index in [1.165, 1.54) is 12.1 Å². The van der Waals surface area contributed by atoms with Gasteiger partial charge in [-0.2, -0.15) is 10.2 Å². The van der Waals surface area contributed by atoms with Gasteiger partial charge in [-0.3, -0.25) is 9.36 Å². The number of nitrogens with one attached hydrogen (secondary N) is 1. The number of hydrogen-bond acceptors (Lipinski definition) is 3. The minimum absolute atomic E-state index is 0.251. The number of anilines is 1. The van der Waals surface area contributed by atoms with Crippen molar-refractivity contribution in [2.24, 2.45) is 7.05 Å². The zero-order valence-electron chi connectivity index (χ0n) is 14.4. The number of hydrogen-bond donors (Lipinski definition) is 1. The molecule has 1 N–H and O–H groups in total. The van der Waals surface area contributed by atoms with E-state index in [1.54, 1.807) is 33.9 Å². The van der Waals surface area contributed by atoms with Crippen LogP contribution in [0, 0.1) is 5.82 Å². The van der Waals surface area contributed by atoms with E-state index in [0.29, 0.717) is 23.2 Å². The van der Waals surface area contributed by atoms with Crippen molar-refractivity contribution in [3.63, 3.8) is 0 Å². The first-order valence-electron chi connectivity index (χ1n) is 7.88. The fraction of sp³-hybridized carbons (Fsp3) is 0.235. The van der Waals surface area contributed by atoms with Gasteiger partial charge in [-0.05, 0) is 29.9 Å². The molecule has 0 aliphatic carbocycles. The fourth-order valence-electron chi connectivity index (χ4n) is 2.42. The third-order valence-electron chi connectivity index (χ3n) is 3.89. The Kier molecular flexibility index (Phi) is 5.53. The number of thiocarbonyl (C=S) groups is 1. The van der Waals surface area contributed by atoms with Crippen molar-refractivity contribution in [1.29, 1.82) is 0 Å². The molecule has 0 unspecified atom stereocenters. The van der Waals surface area contributed by atoms with Gasteiger partial charge < -0.3 is 10.2 Å². The maximum absolute atomic E-state index is 13.0. The van der Waals surface area contributed by atoms with E-state index >= 15 is 0 Å². The molecule has 0 spiro atoms. The van der Waals surface area contributed by atoms with Gasteiger partial charge in [0.1, 0.15) is 5.82 Å². The Balaban J connectivity index is 1.59. The minimum Gasteiger partial charge on any atom is -0.346 e. The lowest BCUT2D eigenvalue weighted by molar-refractivity contribution is 0.482. The quantitative estimate of drug-likeness (QED) is 0.675. The third kappa shape index (κ3) is 4.39. The Labute approximate surface area is 161 Å². The molecule has 3 rings (SSSR count). The van der Waals surface area contributed by atoms with Crippen LogP contribution in [0.15, 0.2) is 42.9 Å². The average molecular weight is 393 g/mol. The molecule has 136 valence electrons. The summed E-state index contributed by atoms with van der Waals surface area (Å²) in [5.74, 6) is -0.251. The van der Waals surface area contributed by atoms with Crippen LogP contribution in [0.5, 0.6) is 0 Å². The van der Waals surface area contributed by atoms with E-state index in [2.05, 4.69) is 15.5 Å². The molecular weight excluding hydrogens is 375 g/mol. The van der Waals surface area contributed by atoms with Crippen molar-refractivity contribution in [3.8, 4) is 0 Å². The van der Waals surface area contributed by atoms with Crippen LogP contribution >= 0.6 is 23.8 Å². The highest BCUT2D eigenvalue weighted by Crippen LogP contribution is 2.16. The van der Waals surface area contributed by atoms with Gasteiger partial charge in [0, 0.05) is 20.3 Å². The van der Waals surface area contributed by atoms with Crippen LogP contribution in [0.1, 0.15) is 11.3 Å². The first kappa shape index (κ1) is 18.3. The topological polar surface area (TPSA) is 50.9 Å². The van der Waals surface area contributed by atoms with Crippen LogP contribution in [0.2, 0.25) is 5.02 Å².